The van der Waals surface area contributed by atoms with Gasteiger partial charge < -0.3 is 4.57 Å². The molecule has 1 aromatic carbocycles. The van der Waals surface area contributed by atoms with Gasteiger partial charge in [0.05, 0.1) is 10.9 Å². The predicted octanol–water partition coefficient (Wildman–Crippen LogP) is 4.29. The maximum Gasteiger partial charge on any atom is 0.263 e. The molecule has 6 heteroatoms. The molecule has 0 spiro atoms. The minimum absolute atomic E-state index is 0.0815. The number of aromatic nitrogens is 1. The van der Waals surface area contributed by atoms with E-state index in [0.717, 1.165) is 25.7 Å². The lowest BCUT2D eigenvalue weighted by Gasteiger charge is -2.04. The highest BCUT2D eigenvalue weighted by atomic mass is 35.7. The van der Waals surface area contributed by atoms with Gasteiger partial charge in [0, 0.05) is 23.4 Å². The summed E-state index contributed by atoms with van der Waals surface area (Å²) < 4.78 is 38.8. The largest absolute Gasteiger partial charge is 0.346 e. The van der Waals surface area contributed by atoms with E-state index in [0.29, 0.717) is 12.1 Å². The summed E-state index contributed by atoms with van der Waals surface area (Å²) in [6.07, 6.45) is 5.68. The molecule has 0 unspecified atom stereocenters. The van der Waals surface area contributed by atoms with Crippen molar-refractivity contribution in [1.29, 1.82) is 0 Å². The summed E-state index contributed by atoms with van der Waals surface area (Å²) in [6.45, 7) is 2.78. The molecule has 0 saturated carbocycles. The van der Waals surface area contributed by atoms with Crippen molar-refractivity contribution >= 4 is 30.6 Å². The Morgan fingerprint density at radius 2 is 2.00 bits per heavy atom. The number of halogens is 2. The van der Waals surface area contributed by atoms with E-state index < -0.39 is 14.9 Å². The molecule has 0 aliphatic rings. The number of fused-ring (bicyclic) bond motifs is 1. The molecule has 110 valence electrons. The standard InChI is InChI=1S/C14H17ClFNO2S/c1-2-3-4-5-9-17-10-13(20(15,18)19)14-11(16)7-6-8-12(14)17/h6-8,10H,2-5,9H2,1H3. The van der Waals surface area contributed by atoms with Gasteiger partial charge in [0.15, 0.2) is 0 Å². The second kappa shape index (κ2) is 6.14. The van der Waals surface area contributed by atoms with Gasteiger partial charge in [-0.3, -0.25) is 0 Å². The Morgan fingerprint density at radius 3 is 2.65 bits per heavy atom. The Labute approximate surface area is 122 Å². The molecule has 1 heterocycles. The van der Waals surface area contributed by atoms with Gasteiger partial charge >= 0.3 is 0 Å². The molecule has 2 aromatic rings. The minimum atomic E-state index is -3.95. The van der Waals surface area contributed by atoms with E-state index in [-0.39, 0.29) is 10.3 Å². The monoisotopic (exact) mass is 317 g/mol. The molecule has 0 bridgehead atoms. The molecule has 0 saturated heterocycles. The first-order valence-corrected chi connectivity index (χ1v) is 8.98. The van der Waals surface area contributed by atoms with Crippen LogP contribution in [0.2, 0.25) is 0 Å². The van der Waals surface area contributed by atoms with E-state index >= 15 is 0 Å². The normalized spacial score (nSPS) is 12.2. The summed E-state index contributed by atoms with van der Waals surface area (Å²) in [5.41, 5.74) is 0.570. The number of rotatable bonds is 6. The van der Waals surface area contributed by atoms with Gasteiger partial charge in [-0.2, -0.15) is 0 Å². The fraction of sp³-hybridized carbons (Fsp3) is 0.429. The van der Waals surface area contributed by atoms with Crippen LogP contribution in [-0.2, 0) is 15.6 Å². The highest BCUT2D eigenvalue weighted by Crippen LogP contribution is 2.30. The number of nitrogens with zero attached hydrogens (tertiary/aromatic N) is 1. The first-order valence-electron chi connectivity index (χ1n) is 6.67. The maximum atomic E-state index is 13.9. The molecule has 1 aromatic heterocycles. The first-order chi connectivity index (χ1) is 9.45. The summed E-state index contributed by atoms with van der Waals surface area (Å²) in [7, 11) is 1.44. The van der Waals surface area contributed by atoms with Crippen LogP contribution in [0, 0.1) is 5.82 Å². The average molecular weight is 318 g/mol. The van der Waals surface area contributed by atoms with Gasteiger partial charge in [-0.25, -0.2) is 12.8 Å². The third kappa shape index (κ3) is 3.15. The van der Waals surface area contributed by atoms with Crippen molar-refractivity contribution in [1.82, 2.24) is 4.57 Å². The van der Waals surface area contributed by atoms with E-state index in [2.05, 4.69) is 6.92 Å². The quantitative estimate of drug-likeness (QED) is 0.589. The summed E-state index contributed by atoms with van der Waals surface area (Å²) in [6, 6.07) is 4.53. The lowest BCUT2D eigenvalue weighted by Crippen LogP contribution is -1.96. The maximum absolute atomic E-state index is 13.9. The Balaban J connectivity index is 2.44. The third-order valence-electron chi connectivity index (χ3n) is 3.34. The van der Waals surface area contributed by atoms with Crippen LogP contribution in [-0.4, -0.2) is 13.0 Å². The predicted molar refractivity (Wildman–Crippen MR) is 79.1 cm³/mol. The molecule has 2 rings (SSSR count). The lowest BCUT2D eigenvalue weighted by atomic mass is 10.2. The Kier molecular flexibility index (Phi) is 4.70. The zero-order valence-corrected chi connectivity index (χ0v) is 12.8. The second-order valence-electron chi connectivity index (χ2n) is 4.82. The van der Waals surface area contributed by atoms with Gasteiger partial charge in [0.1, 0.15) is 10.7 Å². The van der Waals surface area contributed by atoms with Crippen molar-refractivity contribution in [2.75, 3.05) is 0 Å². The Bertz CT molecular complexity index is 709. The molecular formula is C14H17ClFNO2S. The second-order valence-corrected chi connectivity index (χ2v) is 7.35. The molecule has 0 atom stereocenters. The molecule has 0 radical (unpaired) electrons. The van der Waals surface area contributed by atoms with Crippen molar-refractivity contribution < 1.29 is 12.8 Å². The number of hydrogen-bond donors (Lipinski definition) is 0. The fourth-order valence-electron chi connectivity index (χ4n) is 2.35. The molecule has 20 heavy (non-hydrogen) atoms. The Hall–Kier alpha value is -1.07. The van der Waals surface area contributed by atoms with Crippen LogP contribution in [0.1, 0.15) is 32.6 Å². The van der Waals surface area contributed by atoms with Crippen molar-refractivity contribution in [3.8, 4) is 0 Å². The first kappa shape index (κ1) is 15.3. The third-order valence-corrected chi connectivity index (χ3v) is 4.67. The molecule has 0 amide bonds. The molecule has 0 aliphatic heterocycles. The smallest absolute Gasteiger partial charge is 0.263 e. The van der Waals surface area contributed by atoms with Crippen LogP contribution in [0.5, 0.6) is 0 Å². The molecule has 0 fully saturated rings. The van der Waals surface area contributed by atoms with Crippen molar-refractivity contribution in [2.24, 2.45) is 0 Å². The van der Waals surface area contributed by atoms with Gasteiger partial charge in [0.25, 0.3) is 9.05 Å². The van der Waals surface area contributed by atoms with Crippen molar-refractivity contribution in [2.45, 2.75) is 44.0 Å². The summed E-state index contributed by atoms with van der Waals surface area (Å²) >= 11 is 0. The number of benzene rings is 1. The van der Waals surface area contributed by atoms with E-state index in [1.165, 1.54) is 12.3 Å². The van der Waals surface area contributed by atoms with Crippen molar-refractivity contribution in [3.63, 3.8) is 0 Å². The van der Waals surface area contributed by atoms with E-state index in [9.17, 15) is 12.8 Å². The SMILES string of the molecule is CCCCCCn1cc(S(=O)(=O)Cl)c2c(F)cccc21. The van der Waals surface area contributed by atoms with Crippen LogP contribution >= 0.6 is 10.7 Å². The highest BCUT2D eigenvalue weighted by Gasteiger charge is 2.21. The van der Waals surface area contributed by atoms with Crippen molar-refractivity contribution in [3.05, 3.63) is 30.2 Å². The van der Waals surface area contributed by atoms with Gasteiger partial charge in [0.2, 0.25) is 0 Å². The van der Waals surface area contributed by atoms with Crippen LogP contribution in [0.15, 0.2) is 29.3 Å². The van der Waals surface area contributed by atoms with E-state index in [4.69, 9.17) is 10.7 Å². The molecule has 3 nitrogen and oxygen atoms in total. The van der Waals surface area contributed by atoms with Crippen LogP contribution in [0.4, 0.5) is 4.39 Å². The zero-order chi connectivity index (χ0) is 14.8. The number of aryl methyl sites for hydroxylation is 1. The van der Waals surface area contributed by atoms with Gasteiger partial charge in [-0.15, -0.1) is 0 Å². The molecular weight excluding hydrogens is 301 g/mol. The highest BCUT2D eigenvalue weighted by molar-refractivity contribution is 8.14. The van der Waals surface area contributed by atoms with Crippen LogP contribution < -0.4 is 0 Å². The average Bonchev–Trinajstić information content (AvgIpc) is 2.75. The topological polar surface area (TPSA) is 39.1 Å². The van der Waals surface area contributed by atoms with E-state index in [1.807, 2.05) is 0 Å². The molecule has 0 N–H and O–H groups in total. The van der Waals surface area contributed by atoms with E-state index in [1.54, 1.807) is 16.7 Å². The summed E-state index contributed by atoms with van der Waals surface area (Å²) in [5.74, 6) is -0.561. The summed E-state index contributed by atoms with van der Waals surface area (Å²) in [4.78, 5) is -0.150. The summed E-state index contributed by atoms with van der Waals surface area (Å²) in [5, 5.41) is 0.0815. The minimum Gasteiger partial charge on any atom is -0.346 e. The lowest BCUT2D eigenvalue weighted by molar-refractivity contribution is 0.589. The molecule has 0 aliphatic carbocycles. The zero-order valence-electron chi connectivity index (χ0n) is 11.3. The van der Waals surface area contributed by atoms with Crippen LogP contribution in [0.25, 0.3) is 10.9 Å². The fourth-order valence-corrected chi connectivity index (χ4v) is 3.40. The number of unbranched alkanes of at least 4 members (excludes halogenated alkanes) is 3. The van der Waals surface area contributed by atoms with Gasteiger partial charge in [-0.05, 0) is 18.6 Å². The Morgan fingerprint density at radius 1 is 1.25 bits per heavy atom. The van der Waals surface area contributed by atoms with Crippen LogP contribution in [0.3, 0.4) is 0 Å². The number of hydrogen-bond acceptors (Lipinski definition) is 2. The van der Waals surface area contributed by atoms with Gasteiger partial charge in [-0.1, -0.05) is 32.3 Å².